The van der Waals surface area contributed by atoms with E-state index in [1.165, 1.54) is 17.6 Å². The zero-order valence-electron chi connectivity index (χ0n) is 22.2. The molecule has 7 unspecified atom stereocenters. The maximum absolute atomic E-state index is 13.0. The first-order valence-electron chi connectivity index (χ1n) is 13.8. The Morgan fingerprint density at radius 2 is 1.83 bits per heavy atom. The Morgan fingerprint density at radius 3 is 2.51 bits per heavy atom. The molecule has 3 saturated carbocycles. The van der Waals surface area contributed by atoms with E-state index in [-0.39, 0.29) is 16.2 Å². The third-order valence-electron chi connectivity index (χ3n) is 11.3. The molecule has 0 aliphatic heterocycles. The van der Waals surface area contributed by atoms with E-state index in [4.69, 9.17) is 4.74 Å². The summed E-state index contributed by atoms with van der Waals surface area (Å²) < 4.78 is 6.16. The van der Waals surface area contributed by atoms with Crippen molar-refractivity contribution in [3.8, 4) is 0 Å². The molecule has 4 aliphatic rings. The summed E-state index contributed by atoms with van der Waals surface area (Å²) in [4.78, 5) is 13.0. The maximum atomic E-state index is 13.0. The molecule has 7 atom stereocenters. The third kappa shape index (κ3) is 3.80. The molecule has 0 amide bonds. The Balaban J connectivity index is 1.35. The van der Waals surface area contributed by atoms with Gasteiger partial charge in [-0.1, -0.05) is 61.4 Å². The van der Waals surface area contributed by atoms with Crippen LogP contribution in [-0.4, -0.2) is 16.7 Å². The van der Waals surface area contributed by atoms with Crippen LogP contribution >= 0.6 is 0 Å². The molecule has 35 heavy (non-hydrogen) atoms. The van der Waals surface area contributed by atoms with Gasteiger partial charge in [-0.3, -0.25) is 4.79 Å². The van der Waals surface area contributed by atoms with Crippen LogP contribution < -0.4 is 0 Å². The number of Topliss-reactive ketones (excluding diaryl/α,β-unsaturated/α-hetero) is 1. The van der Waals surface area contributed by atoms with Gasteiger partial charge in [0.05, 0.1) is 6.61 Å². The highest BCUT2D eigenvalue weighted by Gasteiger charge is 2.65. The van der Waals surface area contributed by atoms with Crippen LogP contribution in [0.4, 0.5) is 0 Å². The second-order valence-electron chi connectivity index (χ2n) is 12.8. The summed E-state index contributed by atoms with van der Waals surface area (Å²) in [6.45, 7) is 13.3. The summed E-state index contributed by atoms with van der Waals surface area (Å²) in [5.41, 5.74) is 3.72. The van der Waals surface area contributed by atoms with Gasteiger partial charge in [0.1, 0.15) is 5.78 Å². The van der Waals surface area contributed by atoms with Gasteiger partial charge < -0.3 is 9.84 Å². The van der Waals surface area contributed by atoms with Crippen molar-refractivity contribution in [1.82, 2.24) is 0 Å². The molecule has 0 heterocycles. The lowest BCUT2D eigenvalue weighted by Crippen LogP contribution is -2.55. The number of carbonyl (C=O) groups excluding carboxylic acids is 1. The van der Waals surface area contributed by atoms with E-state index < -0.39 is 5.79 Å². The third-order valence-corrected chi connectivity index (χ3v) is 11.3. The number of ketones is 1. The van der Waals surface area contributed by atoms with Crippen molar-refractivity contribution in [3.05, 3.63) is 59.7 Å². The number of hydrogen-bond donors (Lipinski definition) is 1. The summed E-state index contributed by atoms with van der Waals surface area (Å²) in [6.07, 6.45) is 13.1. The van der Waals surface area contributed by atoms with Crippen LogP contribution in [0, 0.1) is 40.9 Å². The Bertz CT molecular complexity index is 1020. The van der Waals surface area contributed by atoms with Gasteiger partial charge in [0.25, 0.3) is 0 Å². The minimum Gasteiger partial charge on any atom is -0.365 e. The molecule has 190 valence electrons. The summed E-state index contributed by atoms with van der Waals surface area (Å²) >= 11 is 0. The normalized spacial score (nSPS) is 42.4. The highest BCUT2D eigenvalue weighted by molar-refractivity contribution is 5.84. The van der Waals surface area contributed by atoms with Crippen molar-refractivity contribution in [2.24, 2.45) is 34.0 Å². The predicted octanol–water partition coefficient (Wildman–Crippen LogP) is 7.31. The van der Waals surface area contributed by atoms with Gasteiger partial charge in [-0.25, -0.2) is 0 Å². The first-order valence-corrected chi connectivity index (χ1v) is 13.8. The summed E-state index contributed by atoms with van der Waals surface area (Å²) in [7, 11) is 0. The molecule has 4 aliphatic carbocycles. The van der Waals surface area contributed by atoms with E-state index in [0.717, 1.165) is 44.1 Å². The van der Waals surface area contributed by atoms with Gasteiger partial charge in [-0.2, -0.15) is 0 Å². The maximum Gasteiger partial charge on any atom is 0.169 e. The zero-order valence-corrected chi connectivity index (χ0v) is 22.2. The highest BCUT2D eigenvalue weighted by Crippen LogP contribution is 2.70. The minimum atomic E-state index is -1.08. The highest BCUT2D eigenvalue weighted by atomic mass is 16.6. The lowest BCUT2D eigenvalue weighted by Gasteiger charge is -2.60. The molecule has 1 aromatic rings. The zero-order chi connectivity index (χ0) is 25.1. The van der Waals surface area contributed by atoms with Crippen molar-refractivity contribution >= 4 is 5.78 Å². The number of fused-ring (bicyclic) bond motifs is 5. The quantitative estimate of drug-likeness (QED) is 0.346. The summed E-state index contributed by atoms with van der Waals surface area (Å²) in [6, 6.07) is 8.37. The summed E-state index contributed by atoms with van der Waals surface area (Å²) in [5.74, 6) is 1.15. The van der Waals surface area contributed by atoms with Crippen molar-refractivity contribution in [2.75, 3.05) is 0 Å². The number of allylic oxidation sites excluding steroid dienone is 2. The van der Waals surface area contributed by atoms with Crippen molar-refractivity contribution < 1.29 is 14.6 Å². The fraction of sp³-hybridized carbons (Fsp3) is 0.656. The average Bonchev–Trinajstić information content (AvgIpc) is 3.13. The molecule has 3 nitrogen and oxygen atoms in total. The van der Waals surface area contributed by atoms with E-state index in [2.05, 4.69) is 57.7 Å². The Labute approximate surface area is 212 Å². The first-order chi connectivity index (χ1) is 16.6. The molecule has 0 radical (unpaired) electrons. The van der Waals surface area contributed by atoms with Crippen molar-refractivity contribution in [1.29, 1.82) is 0 Å². The van der Waals surface area contributed by atoms with Crippen LogP contribution in [0.5, 0.6) is 0 Å². The van der Waals surface area contributed by atoms with Crippen LogP contribution in [0.2, 0.25) is 0 Å². The Kier molecular flexibility index (Phi) is 6.20. The summed E-state index contributed by atoms with van der Waals surface area (Å²) in [5, 5.41) is 11.4. The van der Waals surface area contributed by atoms with Gasteiger partial charge in [0.2, 0.25) is 0 Å². The molecule has 0 aromatic heterocycles. The van der Waals surface area contributed by atoms with Gasteiger partial charge in [0.15, 0.2) is 5.79 Å². The first kappa shape index (κ1) is 25.0. The fourth-order valence-corrected chi connectivity index (χ4v) is 9.08. The average molecular weight is 477 g/mol. The molecule has 0 bridgehead atoms. The number of aryl methyl sites for hydroxylation is 1. The van der Waals surface area contributed by atoms with Crippen LogP contribution in [0.25, 0.3) is 0 Å². The number of rotatable bonds is 6. The van der Waals surface area contributed by atoms with Gasteiger partial charge in [-0.05, 0) is 92.9 Å². The smallest absolute Gasteiger partial charge is 0.169 e. The monoisotopic (exact) mass is 476 g/mol. The SMILES string of the molecule is C=CCC1(C(C)=O)CCC2C3CC=C4CC(O)(OCc5ccc(C)cc5)CCC4(C)C3CCC21C. The number of hydrogen-bond acceptors (Lipinski definition) is 3. The van der Waals surface area contributed by atoms with Crippen LogP contribution in [0.15, 0.2) is 48.6 Å². The second-order valence-corrected chi connectivity index (χ2v) is 12.8. The molecule has 1 aromatic carbocycles. The molecular weight excluding hydrogens is 432 g/mol. The number of ether oxygens (including phenoxy) is 1. The molecule has 0 spiro atoms. The number of carbonyl (C=O) groups is 1. The van der Waals surface area contributed by atoms with E-state index in [1.807, 2.05) is 13.0 Å². The molecule has 1 N–H and O–H groups in total. The molecule has 5 rings (SSSR count). The standard InChI is InChI=1S/C32H44O3/c1-6-15-31(23(3)33)17-14-28-26-12-11-25-20-32(34,35-21-24-9-7-22(2)8-10-24)19-18-29(25,4)27(26)13-16-30(28,31)5/h6-11,26-28,34H,1,12-21H2,2-5H3. The fourth-order valence-electron chi connectivity index (χ4n) is 9.08. The largest absolute Gasteiger partial charge is 0.365 e. The van der Waals surface area contributed by atoms with Crippen molar-refractivity contribution in [2.45, 2.75) is 97.9 Å². The van der Waals surface area contributed by atoms with Gasteiger partial charge >= 0.3 is 0 Å². The molecule has 3 heteroatoms. The van der Waals surface area contributed by atoms with Gasteiger partial charge in [-0.15, -0.1) is 6.58 Å². The van der Waals surface area contributed by atoms with E-state index in [1.54, 1.807) is 0 Å². The topological polar surface area (TPSA) is 46.5 Å². The Hall–Kier alpha value is -1.71. The molecular formula is C32H44O3. The second kappa shape index (κ2) is 8.70. The van der Waals surface area contributed by atoms with Crippen LogP contribution in [0.1, 0.15) is 89.7 Å². The van der Waals surface area contributed by atoms with Gasteiger partial charge in [0, 0.05) is 18.3 Å². The number of aliphatic hydroxyl groups is 1. The lowest BCUT2D eigenvalue weighted by atomic mass is 9.45. The minimum absolute atomic E-state index is 0.0719. The van der Waals surface area contributed by atoms with Crippen LogP contribution in [0.3, 0.4) is 0 Å². The predicted molar refractivity (Wildman–Crippen MR) is 141 cm³/mol. The van der Waals surface area contributed by atoms with E-state index in [9.17, 15) is 9.90 Å². The van der Waals surface area contributed by atoms with E-state index in [0.29, 0.717) is 43.0 Å². The molecule has 3 fully saturated rings. The lowest BCUT2D eigenvalue weighted by molar-refractivity contribution is -0.231. The van der Waals surface area contributed by atoms with Crippen molar-refractivity contribution in [3.63, 3.8) is 0 Å². The molecule has 0 saturated heterocycles. The number of benzene rings is 1. The van der Waals surface area contributed by atoms with Crippen LogP contribution in [-0.2, 0) is 16.1 Å². The Morgan fingerprint density at radius 1 is 1.11 bits per heavy atom. The van der Waals surface area contributed by atoms with E-state index >= 15 is 0 Å².